The van der Waals surface area contributed by atoms with Crippen LogP contribution in [-0.2, 0) is 24.5 Å². The van der Waals surface area contributed by atoms with E-state index in [2.05, 4.69) is 86.3 Å². The molecule has 2 aliphatic heterocycles. The van der Waals surface area contributed by atoms with Crippen LogP contribution in [0.25, 0.3) is 0 Å². The first kappa shape index (κ1) is 31.6. The first-order valence-corrected chi connectivity index (χ1v) is 17.0. The molecule has 40 heavy (non-hydrogen) atoms. The highest BCUT2D eigenvalue weighted by Crippen LogP contribution is 2.36. The molecule has 0 saturated carbocycles. The van der Waals surface area contributed by atoms with Crippen LogP contribution in [0.5, 0.6) is 0 Å². The Morgan fingerprint density at radius 3 is 2.02 bits per heavy atom. The number of hydrogen-bond acceptors (Lipinski definition) is 5. The summed E-state index contributed by atoms with van der Waals surface area (Å²) in [6, 6.07) is 10.7. The van der Waals surface area contributed by atoms with Gasteiger partial charge in [0.2, 0.25) is 0 Å². The average molecular weight is 569 g/mol. The molecule has 1 aromatic carbocycles. The highest BCUT2D eigenvalue weighted by atomic mass is 32.2. The van der Waals surface area contributed by atoms with Crippen molar-refractivity contribution in [3.63, 3.8) is 0 Å². The lowest BCUT2D eigenvalue weighted by molar-refractivity contribution is -0.226. The Bertz CT molecular complexity index is 932. The molecule has 1 aromatic rings. The van der Waals surface area contributed by atoms with Crippen molar-refractivity contribution in [3.05, 3.63) is 71.8 Å². The fraction of sp³-hybridized carbons (Fsp3) is 0.657. The van der Waals surface area contributed by atoms with Gasteiger partial charge in [0.05, 0.1) is 11.2 Å². The number of unbranched alkanes of at least 4 members (excludes halogenated alkanes) is 2. The van der Waals surface area contributed by atoms with Crippen molar-refractivity contribution in [3.8, 4) is 0 Å². The van der Waals surface area contributed by atoms with Gasteiger partial charge in [-0.2, -0.15) is 11.8 Å². The van der Waals surface area contributed by atoms with Gasteiger partial charge in [-0.25, -0.2) is 0 Å². The van der Waals surface area contributed by atoms with Crippen LogP contribution in [-0.4, -0.2) is 42.9 Å². The van der Waals surface area contributed by atoms with Gasteiger partial charge in [0.15, 0.2) is 12.6 Å². The molecule has 1 aliphatic carbocycles. The summed E-state index contributed by atoms with van der Waals surface area (Å²) in [6.45, 7) is 6.15. The highest BCUT2D eigenvalue weighted by molar-refractivity contribution is 7.99. The first-order chi connectivity index (χ1) is 19.6. The molecular weight excluding hydrogens is 516 g/mol. The smallest absolute Gasteiger partial charge is 0.158 e. The van der Waals surface area contributed by atoms with Gasteiger partial charge < -0.3 is 18.9 Å². The Hall–Kier alpha value is -1.37. The van der Waals surface area contributed by atoms with E-state index in [1.165, 1.54) is 48.3 Å². The van der Waals surface area contributed by atoms with E-state index >= 15 is 0 Å². The normalized spacial score (nSPS) is 24.6. The molecular formula is C35H52O4S. The molecule has 4 unspecified atom stereocenters. The van der Waals surface area contributed by atoms with Crippen LogP contribution in [0.15, 0.2) is 66.3 Å². The summed E-state index contributed by atoms with van der Waals surface area (Å²) < 4.78 is 25.2. The standard InChI is InChI=1S/C35H52O4S/c1-34(30-18-6-3-4-7-19-30,38-32-22-10-14-26-36-32)24-12-16-28-40-29-17-13-25-35(2,31-20-8-5-9-21-31)39-33-23-11-15-27-37-33/h3-6,8-9,18-21,32-33H,7,10-17,22-29H2,1-2H3. The van der Waals surface area contributed by atoms with Crippen LogP contribution in [0.2, 0.25) is 0 Å². The van der Waals surface area contributed by atoms with Crippen molar-refractivity contribution in [2.45, 2.75) is 121 Å². The van der Waals surface area contributed by atoms with Gasteiger partial charge in [-0.1, -0.05) is 60.7 Å². The topological polar surface area (TPSA) is 36.9 Å². The van der Waals surface area contributed by atoms with Gasteiger partial charge in [0.1, 0.15) is 0 Å². The zero-order valence-corrected chi connectivity index (χ0v) is 25.8. The number of ether oxygens (including phenoxy) is 4. The average Bonchev–Trinajstić information content (AvgIpc) is 3.28. The van der Waals surface area contributed by atoms with E-state index in [0.717, 1.165) is 71.0 Å². The van der Waals surface area contributed by atoms with Crippen LogP contribution in [0.3, 0.4) is 0 Å². The molecule has 0 radical (unpaired) electrons. The van der Waals surface area contributed by atoms with Gasteiger partial charge in [0, 0.05) is 13.2 Å². The van der Waals surface area contributed by atoms with E-state index in [1.807, 2.05) is 0 Å². The third-order valence-corrected chi connectivity index (χ3v) is 9.59. The predicted octanol–water partition coefficient (Wildman–Crippen LogP) is 9.26. The molecule has 4 rings (SSSR count). The SMILES string of the molecule is CC(CCCCSCCCCC(C)(OC1CCCCO1)c1ccccc1)(OC1CCCCO1)C1=CCC=CC=C1. The molecule has 3 aliphatic rings. The lowest BCUT2D eigenvalue weighted by Gasteiger charge is -2.37. The predicted molar refractivity (Wildman–Crippen MR) is 168 cm³/mol. The summed E-state index contributed by atoms with van der Waals surface area (Å²) in [7, 11) is 0. The summed E-state index contributed by atoms with van der Waals surface area (Å²) in [5, 5.41) is 0. The molecule has 0 N–H and O–H groups in total. The Labute approximate surface area is 248 Å². The second kappa shape index (κ2) is 16.9. The molecule has 4 atom stereocenters. The fourth-order valence-corrected chi connectivity index (χ4v) is 6.95. The molecule has 0 aromatic heterocycles. The van der Waals surface area contributed by atoms with Gasteiger partial charge in [0.25, 0.3) is 0 Å². The maximum absolute atomic E-state index is 6.66. The summed E-state index contributed by atoms with van der Waals surface area (Å²) in [4.78, 5) is 0. The zero-order chi connectivity index (χ0) is 27.9. The van der Waals surface area contributed by atoms with E-state index in [9.17, 15) is 0 Å². The third-order valence-electron chi connectivity index (χ3n) is 8.44. The monoisotopic (exact) mass is 568 g/mol. The number of thioether (sulfide) groups is 1. The minimum absolute atomic E-state index is 0.0751. The van der Waals surface area contributed by atoms with Crippen molar-refractivity contribution >= 4 is 11.8 Å². The summed E-state index contributed by atoms with van der Waals surface area (Å²) >= 11 is 2.09. The lowest BCUT2D eigenvalue weighted by atomic mass is 9.88. The number of hydrogen-bond donors (Lipinski definition) is 0. The van der Waals surface area contributed by atoms with Crippen molar-refractivity contribution in [1.29, 1.82) is 0 Å². The summed E-state index contributed by atoms with van der Waals surface area (Å²) in [5.74, 6) is 2.41. The molecule has 2 saturated heterocycles. The molecule has 0 bridgehead atoms. The van der Waals surface area contributed by atoms with Crippen molar-refractivity contribution < 1.29 is 18.9 Å². The molecule has 2 heterocycles. The second-order valence-electron chi connectivity index (χ2n) is 11.9. The first-order valence-electron chi connectivity index (χ1n) is 15.8. The van der Waals surface area contributed by atoms with Crippen LogP contribution in [0, 0.1) is 0 Å². The van der Waals surface area contributed by atoms with Gasteiger partial charge >= 0.3 is 0 Å². The number of rotatable bonds is 16. The maximum Gasteiger partial charge on any atom is 0.158 e. The number of allylic oxidation sites excluding steroid dienone is 4. The van der Waals surface area contributed by atoms with Crippen molar-refractivity contribution in [1.82, 2.24) is 0 Å². The Balaban J connectivity index is 1.17. The molecule has 222 valence electrons. The molecule has 0 spiro atoms. The Morgan fingerprint density at radius 2 is 1.40 bits per heavy atom. The molecule has 2 fully saturated rings. The number of benzene rings is 1. The van der Waals surface area contributed by atoms with Gasteiger partial charge in [-0.05, 0) is 120 Å². The van der Waals surface area contributed by atoms with Crippen LogP contribution < -0.4 is 0 Å². The van der Waals surface area contributed by atoms with Crippen LogP contribution in [0.4, 0.5) is 0 Å². The highest BCUT2D eigenvalue weighted by Gasteiger charge is 2.33. The summed E-state index contributed by atoms with van der Waals surface area (Å²) in [5.41, 5.74) is 1.97. The largest absolute Gasteiger partial charge is 0.353 e. The molecule has 5 heteroatoms. The van der Waals surface area contributed by atoms with E-state index in [0.29, 0.717) is 0 Å². The Morgan fingerprint density at radius 1 is 0.775 bits per heavy atom. The van der Waals surface area contributed by atoms with E-state index in [-0.39, 0.29) is 23.8 Å². The molecule has 4 nitrogen and oxygen atoms in total. The second-order valence-corrected chi connectivity index (χ2v) is 13.1. The van der Waals surface area contributed by atoms with E-state index in [1.54, 1.807) is 0 Å². The van der Waals surface area contributed by atoms with Gasteiger partial charge in [-0.3, -0.25) is 0 Å². The van der Waals surface area contributed by atoms with Crippen molar-refractivity contribution in [2.24, 2.45) is 0 Å². The lowest BCUT2D eigenvalue weighted by Crippen LogP contribution is -2.38. The zero-order valence-electron chi connectivity index (χ0n) is 25.0. The van der Waals surface area contributed by atoms with Crippen LogP contribution >= 0.6 is 11.8 Å². The van der Waals surface area contributed by atoms with E-state index < -0.39 is 0 Å². The fourth-order valence-electron chi connectivity index (χ4n) is 5.93. The third kappa shape index (κ3) is 10.2. The van der Waals surface area contributed by atoms with Crippen LogP contribution in [0.1, 0.15) is 103 Å². The van der Waals surface area contributed by atoms with Gasteiger partial charge in [-0.15, -0.1) is 0 Å². The summed E-state index contributed by atoms with van der Waals surface area (Å²) in [6.07, 6.45) is 25.3. The van der Waals surface area contributed by atoms with E-state index in [4.69, 9.17) is 18.9 Å². The quantitative estimate of drug-likeness (QED) is 0.186. The minimum atomic E-state index is -0.295. The van der Waals surface area contributed by atoms with Crippen molar-refractivity contribution in [2.75, 3.05) is 24.7 Å². The Kier molecular flexibility index (Phi) is 13.3. The minimum Gasteiger partial charge on any atom is -0.353 e. The maximum atomic E-state index is 6.66. The molecule has 0 amide bonds.